The van der Waals surface area contributed by atoms with Crippen molar-refractivity contribution in [1.29, 1.82) is 0 Å². The number of aromatic nitrogens is 2. The molecule has 0 atom stereocenters. The Bertz CT molecular complexity index is 1820. The summed E-state index contributed by atoms with van der Waals surface area (Å²) < 4.78 is 110. The molecule has 0 saturated heterocycles. The van der Waals surface area contributed by atoms with Gasteiger partial charge in [0.05, 0.1) is 28.6 Å². The molecule has 0 radical (unpaired) electrons. The van der Waals surface area contributed by atoms with Crippen molar-refractivity contribution < 1.29 is 44.6 Å². The van der Waals surface area contributed by atoms with Crippen LogP contribution in [0, 0.1) is 12.7 Å². The number of nitrogens with zero attached hydrogens (tertiary/aromatic N) is 3. The fourth-order valence-corrected chi connectivity index (χ4v) is 5.43. The molecule has 1 aromatic heterocycles. The fraction of sp³-hybridized carbons (Fsp3) is 0.179. The third-order valence-electron chi connectivity index (χ3n) is 6.47. The van der Waals surface area contributed by atoms with Crippen molar-refractivity contribution in [3.63, 3.8) is 0 Å². The SMILES string of the molecule is Cc1nc(C(F)F)cn1-c1ccc(-c2cc(F)c(CO)c(S(C)(=O)=O)c2)cc1N(N)/C(=C\N)c1ccc(OC(F)(F)F)cc1. The number of hydrogen-bond donors (Lipinski definition) is 3. The van der Waals surface area contributed by atoms with Gasteiger partial charge in [0.15, 0.2) is 9.84 Å². The van der Waals surface area contributed by atoms with Gasteiger partial charge < -0.3 is 20.1 Å². The third kappa shape index (κ3) is 6.82. The monoisotopic (exact) mass is 641 g/mol. The second-order valence-corrected chi connectivity index (χ2v) is 11.4. The molecule has 0 aliphatic rings. The van der Waals surface area contributed by atoms with Crippen LogP contribution in [-0.4, -0.2) is 35.7 Å². The van der Waals surface area contributed by atoms with E-state index in [1.807, 2.05) is 0 Å². The van der Waals surface area contributed by atoms with Crippen LogP contribution in [0.1, 0.15) is 29.1 Å². The highest BCUT2D eigenvalue weighted by atomic mass is 32.2. The van der Waals surface area contributed by atoms with Crippen molar-refractivity contribution >= 4 is 21.2 Å². The van der Waals surface area contributed by atoms with E-state index in [0.29, 0.717) is 0 Å². The first-order chi connectivity index (χ1) is 20.5. The van der Waals surface area contributed by atoms with Crippen LogP contribution < -0.4 is 21.3 Å². The normalized spacial score (nSPS) is 12.6. The maximum absolute atomic E-state index is 15.0. The number of benzene rings is 3. The van der Waals surface area contributed by atoms with Crippen molar-refractivity contribution in [2.45, 2.75) is 31.2 Å². The van der Waals surface area contributed by atoms with E-state index in [4.69, 9.17) is 11.6 Å². The maximum atomic E-state index is 15.0. The van der Waals surface area contributed by atoms with E-state index in [2.05, 4.69) is 9.72 Å². The number of imidazole rings is 1. The summed E-state index contributed by atoms with van der Waals surface area (Å²) in [6.45, 7) is 0.587. The number of aliphatic hydroxyl groups excluding tert-OH is 1. The molecule has 3 aromatic carbocycles. The number of rotatable bonds is 9. The summed E-state index contributed by atoms with van der Waals surface area (Å²) in [5.41, 5.74) is 5.75. The van der Waals surface area contributed by atoms with Gasteiger partial charge in [0.25, 0.3) is 6.43 Å². The number of hydrogen-bond acceptors (Lipinski definition) is 8. The largest absolute Gasteiger partial charge is 0.573 e. The molecule has 0 unspecified atom stereocenters. The molecule has 0 fully saturated rings. The second kappa shape index (κ2) is 12.2. The Morgan fingerprint density at radius 3 is 2.30 bits per heavy atom. The molecule has 1 heterocycles. The molecule has 0 amide bonds. The van der Waals surface area contributed by atoms with Crippen LogP contribution in [0.3, 0.4) is 0 Å². The number of anilines is 1. The summed E-state index contributed by atoms with van der Waals surface area (Å²) in [5.74, 6) is 5.14. The molecular weight excluding hydrogens is 616 g/mol. The van der Waals surface area contributed by atoms with E-state index in [-0.39, 0.29) is 39.6 Å². The summed E-state index contributed by atoms with van der Waals surface area (Å²) in [4.78, 5) is 3.42. The minimum Gasteiger partial charge on any atom is -0.406 e. The van der Waals surface area contributed by atoms with Crippen molar-refractivity contribution in [1.82, 2.24) is 9.55 Å². The number of alkyl halides is 5. The topological polar surface area (TPSA) is 137 Å². The number of halogens is 6. The van der Waals surface area contributed by atoms with E-state index in [1.165, 1.54) is 47.9 Å². The number of sulfone groups is 1. The van der Waals surface area contributed by atoms with E-state index in [0.717, 1.165) is 41.9 Å². The van der Waals surface area contributed by atoms with Crippen LogP contribution in [-0.2, 0) is 16.4 Å². The summed E-state index contributed by atoms with van der Waals surface area (Å²) in [6.07, 6.45) is -4.83. The van der Waals surface area contributed by atoms with Gasteiger partial charge >= 0.3 is 6.36 Å². The zero-order valence-corrected chi connectivity index (χ0v) is 23.8. The number of aryl methyl sites for hydroxylation is 1. The van der Waals surface area contributed by atoms with Gasteiger partial charge in [-0.1, -0.05) is 6.07 Å². The quantitative estimate of drug-likeness (QED) is 0.126. The molecule has 0 aliphatic carbocycles. The Kier molecular flexibility index (Phi) is 8.99. The highest BCUT2D eigenvalue weighted by Crippen LogP contribution is 2.37. The smallest absolute Gasteiger partial charge is 0.406 e. The van der Waals surface area contributed by atoms with Crippen LogP contribution in [0.15, 0.2) is 71.9 Å². The standard InChI is InChI=1S/C28H25F6N5O4S/c1-15-37-22(27(30)31)13-38(15)23-8-5-17(18-9-21(29)20(14-40)26(11-18)44(2,41)42)10-24(23)39(36)25(12-35)16-3-6-19(7-4-16)43-28(32,33)34/h3-13,27,40H,14,35-36H2,1-2H3/b25-12-. The zero-order valence-electron chi connectivity index (χ0n) is 23.0. The van der Waals surface area contributed by atoms with Crippen LogP contribution in [0.5, 0.6) is 5.75 Å². The lowest BCUT2D eigenvalue weighted by molar-refractivity contribution is -0.274. The molecule has 44 heavy (non-hydrogen) atoms. The second-order valence-electron chi connectivity index (χ2n) is 9.45. The summed E-state index contributed by atoms with van der Waals surface area (Å²) in [7, 11) is -3.98. The van der Waals surface area contributed by atoms with Crippen LogP contribution in [0.4, 0.5) is 32.0 Å². The Labute approximate surface area is 247 Å². The molecule has 0 saturated carbocycles. The third-order valence-corrected chi connectivity index (χ3v) is 7.63. The van der Waals surface area contributed by atoms with E-state index >= 15 is 0 Å². The molecule has 4 aromatic rings. The van der Waals surface area contributed by atoms with Crippen LogP contribution in [0.25, 0.3) is 22.5 Å². The number of ether oxygens (including phenoxy) is 1. The zero-order chi connectivity index (χ0) is 32.6. The molecule has 0 aliphatic heterocycles. The highest BCUT2D eigenvalue weighted by Gasteiger charge is 2.31. The average Bonchev–Trinajstić information content (AvgIpc) is 3.34. The van der Waals surface area contributed by atoms with Crippen LogP contribution >= 0.6 is 0 Å². The lowest BCUT2D eigenvalue weighted by atomic mass is 10.0. The van der Waals surface area contributed by atoms with Gasteiger partial charge in [0.2, 0.25) is 0 Å². The molecule has 5 N–H and O–H groups in total. The Morgan fingerprint density at radius 1 is 1.11 bits per heavy atom. The molecule has 0 bridgehead atoms. The van der Waals surface area contributed by atoms with Gasteiger partial charge in [-0.15, -0.1) is 13.2 Å². The van der Waals surface area contributed by atoms with Gasteiger partial charge in [-0.25, -0.2) is 32.4 Å². The van der Waals surface area contributed by atoms with Gasteiger partial charge in [-0.2, -0.15) is 0 Å². The highest BCUT2D eigenvalue weighted by molar-refractivity contribution is 7.90. The van der Waals surface area contributed by atoms with Crippen LogP contribution in [0.2, 0.25) is 0 Å². The van der Waals surface area contributed by atoms with E-state index in [1.54, 1.807) is 0 Å². The van der Waals surface area contributed by atoms with Gasteiger partial charge in [0, 0.05) is 29.8 Å². The fourth-order valence-electron chi connectivity index (χ4n) is 4.48. The average molecular weight is 642 g/mol. The molecular formula is C28H25F6N5O4S. The molecule has 4 rings (SSSR count). The van der Waals surface area contributed by atoms with Gasteiger partial charge in [-0.3, -0.25) is 5.01 Å². The minimum absolute atomic E-state index is 0.0486. The van der Waals surface area contributed by atoms with Crippen molar-refractivity contribution in [3.8, 4) is 22.6 Å². The van der Waals surface area contributed by atoms with Crippen molar-refractivity contribution in [3.05, 3.63) is 95.5 Å². The van der Waals surface area contributed by atoms with Gasteiger partial charge in [-0.05, 0) is 66.6 Å². The predicted octanol–water partition coefficient (Wildman–Crippen LogP) is 5.36. The first kappa shape index (κ1) is 32.4. The Morgan fingerprint density at radius 2 is 1.77 bits per heavy atom. The van der Waals surface area contributed by atoms with Gasteiger partial charge in [0.1, 0.15) is 23.1 Å². The van der Waals surface area contributed by atoms with Crippen molar-refractivity contribution in [2.75, 3.05) is 11.3 Å². The number of nitrogens with two attached hydrogens (primary N) is 2. The molecule has 0 spiro atoms. The van der Waals surface area contributed by atoms with Crippen molar-refractivity contribution in [2.24, 2.45) is 11.6 Å². The first-order valence-electron chi connectivity index (χ1n) is 12.5. The molecule has 234 valence electrons. The number of hydrazine groups is 1. The molecule has 16 heteroatoms. The lowest BCUT2D eigenvalue weighted by Crippen LogP contribution is -2.31. The maximum Gasteiger partial charge on any atom is 0.573 e. The summed E-state index contributed by atoms with van der Waals surface area (Å²) in [5, 5.41) is 10.6. The van der Waals surface area contributed by atoms with E-state index in [9.17, 15) is 39.9 Å². The van der Waals surface area contributed by atoms with E-state index < -0.39 is 57.0 Å². The summed E-state index contributed by atoms with van der Waals surface area (Å²) in [6, 6.07) is 11.1. The lowest BCUT2D eigenvalue weighted by Gasteiger charge is -2.26. The minimum atomic E-state index is -4.92. The first-order valence-corrected chi connectivity index (χ1v) is 14.4. The summed E-state index contributed by atoms with van der Waals surface area (Å²) >= 11 is 0. The Hall–Kier alpha value is -4.54. The molecule has 9 nitrogen and oxygen atoms in total. The number of aliphatic hydroxyl groups is 1. The Balaban J connectivity index is 1.90. The predicted molar refractivity (Wildman–Crippen MR) is 150 cm³/mol.